The lowest BCUT2D eigenvalue weighted by Gasteiger charge is -2.11. The normalized spacial score (nSPS) is 9.68. The molecular formula is C15H15N3O. The standard InChI is InChI=1S/C15H15N3O/c1-19-13-7-6-11(9-16)15(8-13)18-10-12-4-2-3-5-14(12)17/h2-8,18H,10,17H2,1H3. The molecule has 0 fully saturated rings. The van der Waals surface area contributed by atoms with Crippen LogP contribution in [0.4, 0.5) is 11.4 Å². The molecule has 0 aliphatic heterocycles. The van der Waals surface area contributed by atoms with Gasteiger partial charge in [-0.3, -0.25) is 0 Å². The maximum absolute atomic E-state index is 9.08. The molecular weight excluding hydrogens is 238 g/mol. The summed E-state index contributed by atoms with van der Waals surface area (Å²) in [6, 6.07) is 15.1. The van der Waals surface area contributed by atoms with Crippen LogP contribution < -0.4 is 15.8 Å². The fourth-order valence-electron chi connectivity index (χ4n) is 1.78. The van der Waals surface area contributed by atoms with E-state index in [-0.39, 0.29) is 0 Å². The number of nitriles is 1. The van der Waals surface area contributed by atoms with Crippen LogP contribution in [0.2, 0.25) is 0 Å². The van der Waals surface area contributed by atoms with Gasteiger partial charge in [0.15, 0.2) is 0 Å². The Hall–Kier alpha value is -2.67. The summed E-state index contributed by atoms with van der Waals surface area (Å²) >= 11 is 0. The number of benzene rings is 2. The topological polar surface area (TPSA) is 71.1 Å². The Balaban J connectivity index is 2.19. The highest BCUT2D eigenvalue weighted by molar-refractivity contribution is 5.61. The minimum absolute atomic E-state index is 0.564. The fraction of sp³-hybridized carbons (Fsp3) is 0.133. The summed E-state index contributed by atoms with van der Waals surface area (Å²) in [6.07, 6.45) is 0. The molecule has 2 aromatic rings. The molecule has 0 unspecified atom stereocenters. The predicted octanol–water partition coefficient (Wildman–Crippen LogP) is 2.76. The van der Waals surface area contributed by atoms with Crippen molar-refractivity contribution in [3.05, 3.63) is 53.6 Å². The molecule has 0 saturated carbocycles. The first kappa shape index (κ1) is 12.8. The summed E-state index contributed by atoms with van der Waals surface area (Å²) in [4.78, 5) is 0. The number of anilines is 2. The van der Waals surface area contributed by atoms with Crippen LogP contribution in [0.3, 0.4) is 0 Å². The molecule has 0 aliphatic carbocycles. The van der Waals surface area contributed by atoms with Gasteiger partial charge in [-0.05, 0) is 23.8 Å². The average Bonchev–Trinajstić information content (AvgIpc) is 2.46. The monoisotopic (exact) mass is 253 g/mol. The lowest BCUT2D eigenvalue weighted by molar-refractivity contribution is 0.415. The van der Waals surface area contributed by atoms with E-state index in [4.69, 9.17) is 15.7 Å². The van der Waals surface area contributed by atoms with Gasteiger partial charge in [-0.15, -0.1) is 0 Å². The number of rotatable bonds is 4. The fourth-order valence-corrected chi connectivity index (χ4v) is 1.78. The molecule has 4 heteroatoms. The highest BCUT2D eigenvalue weighted by Crippen LogP contribution is 2.23. The molecule has 0 amide bonds. The van der Waals surface area contributed by atoms with Crippen molar-refractivity contribution in [3.8, 4) is 11.8 Å². The van der Waals surface area contributed by atoms with Crippen LogP contribution in [0, 0.1) is 11.3 Å². The number of ether oxygens (including phenoxy) is 1. The van der Waals surface area contributed by atoms with Gasteiger partial charge >= 0.3 is 0 Å². The van der Waals surface area contributed by atoms with Crippen molar-refractivity contribution in [2.45, 2.75) is 6.54 Å². The van der Waals surface area contributed by atoms with Crippen LogP contribution in [0.1, 0.15) is 11.1 Å². The molecule has 0 aliphatic rings. The highest BCUT2D eigenvalue weighted by Gasteiger charge is 2.04. The number of nitrogens with one attached hydrogen (secondary N) is 1. The van der Waals surface area contributed by atoms with E-state index in [1.54, 1.807) is 25.3 Å². The van der Waals surface area contributed by atoms with E-state index in [1.165, 1.54) is 0 Å². The molecule has 2 rings (SSSR count). The first-order chi connectivity index (χ1) is 9.24. The summed E-state index contributed by atoms with van der Waals surface area (Å²) in [5, 5.41) is 12.3. The molecule has 0 spiro atoms. The number of nitrogens with zero attached hydrogens (tertiary/aromatic N) is 1. The molecule has 2 aromatic carbocycles. The van der Waals surface area contributed by atoms with E-state index in [2.05, 4.69) is 11.4 Å². The third-order valence-electron chi connectivity index (χ3n) is 2.87. The molecule has 0 aromatic heterocycles. The molecule has 4 nitrogen and oxygen atoms in total. The Bertz CT molecular complexity index is 617. The van der Waals surface area contributed by atoms with E-state index in [0.717, 1.165) is 16.9 Å². The summed E-state index contributed by atoms with van der Waals surface area (Å²) in [5.74, 6) is 0.711. The number of nitrogen functional groups attached to an aromatic ring is 1. The zero-order valence-corrected chi connectivity index (χ0v) is 10.7. The summed E-state index contributed by atoms with van der Waals surface area (Å²) in [5.41, 5.74) is 8.93. The molecule has 19 heavy (non-hydrogen) atoms. The summed E-state index contributed by atoms with van der Waals surface area (Å²) < 4.78 is 5.16. The second-order valence-corrected chi connectivity index (χ2v) is 4.08. The van der Waals surface area contributed by atoms with Crippen LogP contribution in [0.25, 0.3) is 0 Å². The Kier molecular flexibility index (Phi) is 3.89. The Morgan fingerprint density at radius 2 is 2.05 bits per heavy atom. The van der Waals surface area contributed by atoms with E-state index < -0.39 is 0 Å². The molecule has 0 heterocycles. The third-order valence-corrected chi connectivity index (χ3v) is 2.87. The van der Waals surface area contributed by atoms with Gasteiger partial charge in [0.25, 0.3) is 0 Å². The number of hydrogen-bond acceptors (Lipinski definition) is 4. The Morgan fingerprint density at radius 1 is 1.26 bits per heavy atom. The van der Waals surface area contributed by atoms with Gasteiger partial charge in [0, 0.05) is 18.3 Å². The lowest BCUT2D eigenvalue weighted by Crippen LogP contribution is -2.04. The Labute approximate surface area is 112 Å². The first-order valence-electron chi connectivity index (χ1n) is 5.90. The van der Waals surface area contributed by atoms with E-state index in [9.17, 15) is 0 Å². The zero-order chi connectivity index (χ0) is 13.7. The van der Waals surface area contributed by atoms with Gasteiger partial charge in [-0.25, -0.2) is 0 Å². The van der Waals surface area contributed by atoms with Crippen LogP contribution in [-0.4, -0.2) is 7.11 Å². The maximum Gasteiger partial charge on any atom is 0.121 e. The molecule has 0 bridgehead atoms. The predicted molar refractivity (Wildman–Crippen MR) is 75.9 cm³/mol. The summed E-state index contributed by atoms with van der Waals surface area (Å²) in [7, 11) is 1.60. The van der Waals surface area contributed by atoms with Crippen LogP contribution in [-0.2, 0) is 6.54 Å². The van der Waals surface area contributed by atoms with E-state index >= 15 is 0 Å². The number of hydrogen-bond donors (Lipinski definition) is 2. The van der Waals surface area contributed by atoms with Gasteiger partial charge in [-0.2, -0.15) is 5.26 Å². The molecule has 96 valence electrons. The van der Waals surface area contributed by atoms with Gasteiger partial charge in [-0.1, -0.05) is 18.2 Å². The zero-order valence-electron chi connectivity index (χ0n) is 10.7. The van der Waals surface area contributed by atoms with Crippen molar-refractivity contribution in [2.24, 2.45) is 0 Å². The molecule has 0 atom stereocenters. The molecule has 3 N–H and O–H groups in total. The van der Waals surface area contributed by atoms with Gasteiger partial charge in [0.1, 0.15) is 11.8 Å². The molecule has 0 radical (unpaired) electrons. The van der Waals surface area contributed by atoms with Crippen molar-refractivity contribution in [1.29, 1.82) is 5.26 Å². The van der Waals surface area contributed by atoms with Crippen molar-refractivity contribution in [3.63, 3.8) is 0 Å². The van der Waals surface area contributed by atoms with Crippen molar-refractivity contribution >= 4 is 11.4 Å². The largest absolute Gasteiger partial charge is 0.497 e. The minimum atomic E-state index is 0.564. The van der Waals surface area contributed by atoms with Crippen LogP contribution >= 0.6 is 0 Å². The summed E-state index contributed by atoms with van der Waals surface area (Å²) in [6.45, 7) is 0.564. The average molecular weight is 253 g/mol. The number of para-hydroxylation sites is 1. The second-order valence-electron chi connectivity index (χ2n) is 4.08. The SMILES string of the molecule is COc1ccc(C#N)c(NCc2ccccc2N)c1. The minimum Gasteiger partial charge on any atom is -0.497 e. The van der Waals surface area contributed by atoms with Crippen molar-refractivity contribution in [2.75, 3.05) is 18.2 Å². The molecule has 0 saturated heterocycles. The quantitative estimate of drug-likeness (QED) is 0.822. The van der Waals surface area contributed by atoms with Crippen LogP contribution in [0.5, 0.6) is 5.75 Å². The number of methoxy groups -OCH3 is 1. The highest BCUT2D eigenvalue weighted by atomic mass is 16.5. The van der Waals surface area contributed by atoms with Gasteiger partial charge < -0.3 is 15.8 Å². The number of nitrogens with two attached hydrogens (primary N) is 1. The van der Waals surface area contributed by atoms with E-state index in [0.29, 0.717) is 17.9 Å². The Morgan fingerprint density at radius 3 is 2.74 bits per heavy atom. The van der Waals surface area contributed by atoms with Crippen LogP contribution in [0.15, 0.2) is 42.5 Å². The van der Waals surface area contributed by atoms with Gasteiger partial charge in [0.05, 0.1) is 18.4 Å². The third kappa shape index (κ3) is 2.96. The van der Waals surface area contributed by atoms with Crippen molar-refractivity contribution < 1.29 is 4.74 Å². The second kappa shape index (κ2) is 5.78. The van der Waals surface area contributed by atoms with Gasteiger partial charge in [0.2, 0.25) is 0 Å². The first-order valence-corrected chi connectivity index (χ1v) is 5.90. The lowest BCUT2D eigenvalue weighted by atomic mass is 10.1. The smallest absolute Gasteiger partial charge is 0.121 e. The van der Waals surface area contributed by atoms with Crippen molar-refractivity contribution in [1.82, 2.24) is 0 Å². The van der Waals surface area contributed by atoms with E-state index in [1.807, 2.05) is 24.3 Å². The maximum atomic E-state index is 9.08.